The third-order valence-electron chi connectivity index (χ3n) is 2.73. The number of benzene rings is 2. The third-order valence-corrected chi connectivity index (χ3v) is 3.89. The molecule has 18 heavy (non-hydrogen) atoms. The fraction of sp³-hybridized carbons (Fsp3) is 0.231. The predicted molar refractivity (Wildman–Crippen MR) is 71.6 cm³/mol. The molecule has 0 aliphatic rings. The summed E-state index contributed by atoms with van der Waals surface area (Å²) >= 11 is 0. The molecule has 0 saturated heterocycles. The number of hydrogen-bond acceptors (Lipinski definition) is 3. The minimum atomic E-state index is -3.37. The van der Waals surface area contributed by atoms with E-state index in [2.05, 4.69) is 4.84 Å². The molecule has 4 nitrogen and oxygen atoms in total. The van der Waals surface area contributed by atoms with Crippen LogP contribution < -0.4 is 4.89 Å². The zero-order valence-electron chi connectivity index (χ0n) is 10.1. The monoisotopic (exact) mass is 265 g/mol. The lowest BCUT2D eigenvalue weighted by molar-refractivity contribution is 0.153. The van der Waals surface area contributed by atoms with E-state index in [0.717, 1.165) is 16.3 Å². The largest absolute Gasteiger partial charge is 0.290 e. The molecule has 0 saturated carbocycles. The van der Waals surface area contributed by atoms with E-state index in [0.29, 0.717) is 6.42 Å². The van der Waals surface area contributed by atoms with E-state index in [4.69, 9.17) is 0 Å². The lowest BCUT2D eigenvalue weighted by Crippen LogP contribution is -2.26. The van der Waals surface area contributed by atoms with Crippen LogP contribution in [0.1, 0.15) is 5.56 Å². The number of aryl methyl sites for hydroxylation is 1. The van der Waals surface area contributed by atoms with Crippen LogP contribution >= 0.6 is 0 Å². The fourth-order valence-electron chi connectivity index (χ4n) is 1.92. The molecule has 1 N–H and O–H groups in total. The second-order valence-corrected chi connectivity index (χ2v) is 5.80. The van der Waals surface area contributed by atoms with Gasteiger partial charge >= 0.3 is 0 Å². The van der Waals surface area contributed by atoms with E-state index >= 15 is 0 Å². The first-order chi connectivity index (χ1) is 8.62. The first-order valence-corrected chi connectivity index (χ1v) is 7.27. The maximum absolute atomic E-state index is 11.5. The summed E-state index contributed by atoms with van der Waals surface area (Å²) in [4.78, 5) is 6.46. The summed E-state index contributed by atoms with van der Waals surface area (Å²) in [5.74, 6) is 0.00878. The summed E-state index contributed by atoms with van der Waals surface area (Å²) in [5, 5.41) is 2.21. The zero-order valence-corrected chi connectivity index (χ0v) is 10.9. The first-order valence-electron chi connectivity index (χ1n) is 5.61. The van der Waals surface area contributed by atoms with Crippen molar-refractivity contribution in [3.05, 3.63) is 48.0 Å². The number of fused-ring (bicyclic) bond motifs is 1. The van der Waals surface area contributed by atoms with Gasteiger partial charge in [0, 0.05) is 0 Å². The van der Waals surface area contributed by atoms with Crippen molar-refractivity contribution in [2.24, 2.45) is 0 Å². The molecule has 0 spiro atoms. The second kappa shape index (κ2) is 5.48. The maximum atomic E-state index is 11.5. The predicted octanol–water partition coefficient (Wildman–Crippen LogP) is 1.86. The highest BCUT2D eigenvalue weighted by molar-refractivity contribution is 7.89. The Balaban J connectivity index is 2.22. The Bertz CT molecular complexity index is 632. The lowest BCUT2D eigenvalue weighted by Gasteiger charge is -2.07. The highest BCUT2D eigenvalue weighted by Crippen LogP contribution is 2.19. The summed E-state index contributed by atoms with van der Waals surface area (Å²) in [7, 11) is -2.08. The average Bonchev–Trinajstić information content (AvgIpc) is 2.36. The van der Waals surface area contributed by atoms with Crippen molar-refractivity contribution < 1.29 is 13.3 Å². The Morgan fingerprint density at radius 2 is 1.83 bits per heavy atom. The van der Waals surface area contributed by atoms with Gasteiger partial charge in [-0.05, 0) is 22.8 Å². The van der Waals surface area contributed by atoms with Gasteiger partial charge in [0.15, 0.2) is 0 Å². The van der Waals surface area contributed by atoms with Crippen molar-refractivity contribution in [2.75, 3.05) is 12.9 Å². The van der Waals surface area contributed by atoms with Crippen LogP contribution in [-0.4, -0.2) is 21.3 Å². The number of rotatable bonds is 5. The van der Waals surface area contributed by atoms with E-state index in [1.807, 2.05) is 47.3 Å². The summed E-state index contributed by atoms with van der Waals surface area (Å²) < 4.78 is 23.0. The van der Waals surface area contributed by atoms with E-state index < -0.39 is 10.0 Å². The Kier molecular flexibility index (Phi) is 3.96. The SMILES string of the molecule is CONS(=O)(=O)CCc1cccc2ccccc12. The molecule has 0 unspecified atom stereocenters. The minimum absolute atomic E-state index is 0.00878. The van der Waals surface area contributed by atoms with Crippen LogP contribution in [0.4, 0.5) is 0 Å². The van der Waals surface area contributed by atoms with Gasteiger partial charge in [0.2, 0.25) is 10.0 Å². The molecule has 0 aliphatic carbocycles. The standard InChI is InChI=1S/C13H15NO3S/c1-17-14-18(15,16)10-9-12-7-4-6-11-5-2-3-8-13(11)12/h2-8,14H,9-10H2,1H3. The quantitative estimate of drug-likeness (QED) is 0.840. The summed E-state index contributed by atoms with van der Waals surface area (Å²) in [6.07, 6.45) is 0.458. The van der Waals surface area contributed by atoms with E-state index in [1.54, 1.807) is 0 Å². The van der Waals surface area contributed by atoms with Crippen molar-refractivity contribution in [1.29, 1.82) is 0 Å². The van der Waals surface area contributed by atoms with Crippen LogP contribution in [0.15, 0.2) is 42.5 Å². The van der Waals surface area contributed by atoms with Crippen molar-refractivity contribution >= 4 is 20.8 Å². The molecule has 0 fully saturated rings. The van der Waals surface area contributed by atoms with Crippen LogP contribution in [0.2, 0.25) is 0 Å². The van der Waals surface area contributed by atoms with Gasteiger partial charge < -0.3 is 0 Å². The van der Waals surface area contributed by atoms with E-state index in [-0.39, 0.29) is 5.75 Å². The Hall–Kier alpha value is -1.43. The van der Waals surface area contributed by atoms with Crippen LogP contribution in [0.25, 0.3) is 10.8 Å². The molecule has 0 amide bonds. The molecule has 2 rings (SSSR count). The zero-order chi connectivity index (χ0) is 13.0. The van der Waals surface area contributed by atoms with Crippen molar-refractivity contribution in [2.45, 2.75) is 6.42 Å². The van der Waals surface area contributed by atoms with Gasteiger partial charge in [0.05, 0.1) is 12.9 Å². The number of hydrogen-bond donors (Lipinski definition) is 1. The number of sulfonamides is 1. The Labute approximate surface area is 107 Å². The van der Waals surface area contributed by atoms with Gasteiger partial charge in [-0.1, -0.05) is 47.3 Å². The van der Waals surface area contributed by atoms with E-state index in [9.17, 15) is 8.42 Å². The topological polar surface area (TPSA) is 55.4 Å². The van der Waals surface area contributed by atoms with Crippen LogP contribution in [0.3, 0.4) is 0 Å². The minimum Gasteiger partial charge on any atom is -0.290 e. The van der Waals surface area contributed by atoms with Crippen molar-refractivity contribution in [3.8, 4) is 0 Å². The Morgan fingerprint density at radius 1 is 1.11 bits per heavy atom. The van der Waals surface area contributed by atoms with Crippen LogP contribution in [0, 0.1) is 0 Å². The third kappa shape index (κ3) is 3.07. The molecule has 0 aliphatic heterocycles. The van der Waals surface area contributed by atoms with Gasteiger partial charge in [0.1, 0.15) is 0 Å². The maximum Gasteiger partial charge on any atom is 0.233 e. The second-order valence-electron chi connectivity index (χ2n) is 3.99. The highest BCUT2D eigenvalue weighted by atomic mass is 32.2. The van der Waals surface area contributed by atoms with Gasteiger partial charge in [-0.25, -0.2) is 8.42 Å². The van der Waals surface area contributed by atoms with Gasteiger partial charge in [-0.15, -0.1) is 0 Å². The van der Waals surface area contributed by atoms with Crippen molar-refractivity contribution in [3.63, 3.8) is 0 Å². The lowest BCUT2D eigenvalue weighted by atomic mass is 10.0. The molecule has 0 heterocycles. The molecular weight excluding hydrogens is 250 g/mol. The van der Waals surface area contributed by atoms with Crippen molar-refractivity contribution in [1.82, 2.24) is 4.89 Å². The molecule has 0 aromatic heterocycles. The van der Waals surface area contributed by atoms with Gasteiger partial charge in [-0.3, -0.25) is 4.84 Å². The summed E-state index contributed by atoms with van der Waals surface area (Å²) in [6.45, 7) is 0. The van der Waals surface area contributed by atoms with Gasteiger partial charge in [0.25, 0.3) is 0 Å². The van der Waals surface area contributed by atoms with Crippen LogP contribution in [0.5, 0.6) is 0 Å². The summed E-state index contributed by atoms with van der Waals surface area (Å²) in [6, 6.07) is 13.8. The van der Waals surface area contributed by atoms with E-state index in [1.165, 1.54) is 7.11 Å². The molecule has 2 aromatic carbocycles. The molecule has 2 aromatic rings. The normalized spacial score (nSPS) is 11.8. The highest BCUT2D eigenvalue weighted by Gasteiger charge is 2.10. The molecule has 5 heteroatoms. The number of nitrogens with one attached hydrogen (secondary N) is 1. The Morgan fingerprint density at radius 3 is 2.61 bits per heavy atom. The molecular formula is C13H15NO3S. The fourth-order valence-corrected chi connectivity index (χ4v) is 2.75. The molecule has 0 radical (unpaired) electrons. The molecule has 96 valence electrons. The molecule has 0 bridgehead atoms. The smallest absolute Gasteiger partial charge is 0.233 e. The van der Waals surface area contributed by atoms with Crippen LogP contribution in [-0.2, 0) is 21.3 Å². The summed E-state index contributed by atoms with van der Waals surface area (Å²) in [5.41, 5.74) is 1.02. The molecule has 0 atom stereocenters. The average molecular weight is 265 g/mol. The van der Waals surface area contributed by atoms with Gasteiger partial charge in [-0.2, -0.15) is 0 Å². The first kappa shape index (κ1) is 13.0.